The lowest BCUT2D eigenvalue weighted by atomic mass is 9.94. The molecule has 180 valence electrons. The summed E-state index contributed by atoms with van der Waals surface area (Å²) in [5, 5.41) is 13.5. The highest BCUT2D eigenvalue weighted by molar-refractivity contribution is 5.86. The summed E-state index contributed by atoms with van der Waals surface area (Å²) >= 11 is 0. The number of amides is 1. The number of hydrogen-bond donors (Lipinski definition) is 2. The zero-order chi connectivity index (χ0) is 24.5. The van der Waals surface area contributed by atoms with Gasteiger partial charge < -0.3 is 24.6 Å². The molecule has 0 aromatic heterocycles. The maximum absolute atomic E-state index is 12.6. The Kier molecular flexibility index (Phi) is 9.51. The van der Waals surface area contributed by atoms with Crippen molar-refractivity contribution in [2.75, 3.05) is 13.7 Å². The molecule has 2 unspecified atom stereocenters. The number of hydrogen-bond acceptors (Lipinski definition) is 6. The molecule has 0 radical (unpaired) electrons. The van der Waals surface area contributed by atoms with E-state index in [2.05, 4.69) is 5.32 Å². The number of carbonyl (C=O) groups is 3. The molecular weight excluding hydrogens is 426 g/mol. The van der Waals surface area contributed by atoms with Gasteiger partial charge in [0.05, 0.1) is 13.0 Å². The number of ether oxygens (including phenoxy) is 3. The third-order valence-electron chi connectivity index (χ3n) is 5.28. The molecule has 2 rings (SSSR count). The van der Waals surface area contributed by atoms with Gasteiger partial charge in [-0.25, -0.2) is 4.79 Å². The molecule has 2 aromatic rings. The van der Waals surface area contributed by atoms with E-state index in [4.69, 9.17) is 19.3 Å². The third-order valence-corrected chi connectivity index (χ3v) is 5.28. The third kappa shape index (κ3) is 8.29. The first-order valence-corrected chi connectivity index (χ1v) is 11.0. The Labute approximate surface area is 194 Å². The topological polar surface area (TPSA) is 111 Å². The van der Waals surface area contributed by atoms with Crippen LogP contribution in [0.4, 0.5) is 4.79 Å². The summed E-state index contributed by atoms with van der Waals surface area (Å²) in [7, 11) is 1.61. The van der Waals surface area contributed by atoms with Crippen LogP contribution in [0, 0.1) is 11.8 Å². The Morgan fingerprint density at radius 3 is 2.27 bits per heavy atom. The van der Waals surface area contributed by atoms with Gasteiger partial charge in [-0.2, -0.15) is 0 Å². The van der Waals surface area contributed by atoms with Gasteiger partial charge in [-0.3, -0.25) is 9.59 Å². The molecule has 1 amide bonds. The number of carboxylic acid groups (broad SMARTS) is 1. The second-order valence-corrected chi connectivity index (χ2v) is 8.58. The minimum atomic E-state index is -1.09. The highest BCUT2D eigenvalue weighted by atomic mass is 16.7. The maximum Gasteiger partial charge on any atom is 0.410 e. The van der Waals surface area contributed by atoms with Crippen molar-refractivity contribution in [1.29, 1.82) is 0 Å². The first-order valence-electron chi connectivity index (χ1n) is 11.0. The second-order valence-electron chi connectivity index (χ2n) is 8.58. The predicted octanol–water partition coefficient (Wildman–Crippen LogP) is 4.70. The van der Waals surface area contributed by atoms with Gasteiger partial charge in [0.25, 0.3) is 0 Å². The van der Waals surface area contributed by atoms with E-state index >= 15 is 0 Å². The number of aliphatic carboxylic acids is 1. The van der Waals surface area contributed by atoms with Crippen LogP contribution in [0.15, 0.2) is 36.4 Å². The van der Waals surface area contributed by atoms with Crippen molar-refractivity contribution in [3.8, 4) is 5.75 Å². The van der Waals surface area contributed by atoms with Crippen molar-refractivity contribution >= 4 is 28.8 Å². The van der Waals surface area contributed by atoms with Gasteiger partial charge in [-0.05, 0) is 53.6 Å². The molecule has 8 nitrogen and oxygen atoms in total. The molecular formula is C25H33NO7. The molecule has 0 saturated heterocycles. The number of nitrogens with one attached hydrogen (secondary N) is 1. The molecule has 8 heteroatoms. The van der Waals surface area contributed by atoms with E-state index in [1.54, 1.807) is 14.0 Å². The highest BCUT2D eigenvalue weighted by Crippen LogP contribution is 2.26. The fraction of sp³-hybridized carbons (Fsp3) is 0.480. The van der Waals surface area contributed by atoms with E-state index in [9.17, 15) is 14.4 Å². The summed E-state index contributed by atoms with van der Waals surface area (Å²) in [6.45, 7) is 7.33. The molecule has 0 saturated carbocycles. The number of methoxy groups -OCH3 is 1. The number of benzene rings is 2. The zero-order valence-electron chi connectivity index (χ0n) is 19.8. The summed E-state index contributed by atoms with van der Waals surface area (Å²) in [6.07, 6.45) is -1.24. The highest BCUT2D eigenvalue weighted by Gasteiger charge is 2.22. The Bertz CT molecular complexity index is 972. The van der Waals surface area contributed by atoms with E-state index in [0.717, 1.165) is 22.1 Å². The summed E-state index contributed by atoms with van der Waals surface area (Å²) < 4.78 is 15.6. The van der Waals surface area contributed by atoms with Gasteiger partial charge in [0.2, 0.25) is 6.29 Å². The Hall–Kier alpha value is -3.29. The lowest BCUT2D eigenvalue weighted by molar-refractivity contribution is -0.166. The monoisotopic (exact) mass is 459 g/mol. The number of esters is 1. The first-order chi connectivity index (χ1) is 15.6. The van der Waals surface area contributed by atoms with Gasteiger partial charge >= 0.3 is 18.0 Å². The summed E-state index contributed by atoms with van der Waals surface area (Å²) in [5.74, 6) is -1.15. The van der Waals surface area contributed by atoms with Crippen LogP contribution in [-0.4, -0.2) is 43.1 Å². The zero-order valence-corrected chi connectivity index (χ0v) is 19.8. The van der Waals surface area contributed by atoms with Crippen LogP contribution in [0.3, 0.4) is 0 Å². The van der Waals surface area contributed by atoms with Crippen molar-refractivity contribution in [3.63, 3.8) is 0 Å². The first kappa shape index (κ1) is 26.0. The summed E-state index contributed by atoms with van der Waals surface area (Å²) in [4.78, 5) is 35.6. The summed E-state index contributed by atoms with van der Waals surface area (Å²) in [6, 6.07) is 11.4. The SMILES string of the molecule is COc1ccc2cc(C(C)C(=O)O[C@@H](C)OC(=O)NCC(CC(=O)O)CC(C)C)ccc2c1. The van der Waals surface area contributed by atoms with Gasteiger partial charge in [0.15, 0.2) is 0 Å². The Morgan fingerprint density at radius 2 is 1.64 bits per heavy atom. The molecule has 0 spiro atoms. The largest absolute Gasteiger partial charge is 0.497 e. The van der Waals surface area contributed by atoms with Gasteiger partial charge in [-0.15, -0.1) is 0 Å². The smallest absolute Gasteiger partial charge is 0.410 e. The average molecular weight is 460 g/mol. The van der Waals surface area contributed by atoms with E-state index in [-0.39, 0.29) is 18.9 Å². The molecule has 0 heterocycles. The van der Waals surface area contributed by atoms with Gasteiger partial charge in [0, 0.05) is 19.9 Å². The van der Waals surface area contributed by atoms with E-state index in [0.29, 0.717) is 12.3 Å². The lowest BCUT2D eigenvalue weighted by Gasteiger charge is -2.20. The molecule has 0 fully saturated rings. The van der Waals surface area contributed by atoms with Crippen LogP contribution in [0.1, 0.15) is 52.0 Å². The van der Waals surface area contributed by atoms with Gasteiger partial charge in [0.1, 0.15) is 5.75 Å². The van der Waals surface area contributed by atoms with Crippen molar-refractivity contribution in [3.05, 3.63) is 42.0 Å². The fourth-order valence-corrected chi connectivity index (χ4v) is 3.64. The second kappa shape index (κ2) is 12.1. The molecule has 0 aliphatic heterocycles. The van der Waals surface area contributed by atoms with Gasteiger partial charge in [-0.1, -0.05) is 38.1 Å². The number of fused-ring (bicyclic) bond motifs is 1. The quantitative estimate of drug-likeness (QED) is 0.370. The molecule has 3 atom stereocenters. The van der Waals surface area contributed by atoms with Crippen molar-refractivity contribution in [2.45, 2.75) is 52.7 Å². The maximum atomic E-state index is 12.6. The van der Waals surface area contributed by atoms with Crippen molar-refractivity contribution in [1.82, 2.24) is 5.32 Å². The van der Waals surface area contributed by atoms with Crippen LogP contribution < -0.4 is 10.1 Å². The van der Waals surface area contributed by atoms with Crippen LogP contribution in [0.2, 0.25) is 0 Å². The normalized spacial score (nSPS) is 13.8. The van der Waals surface area contributed by atoms with E-state index < -0.39 is 30.2 Å². The molecule has 0 aliphatic rings. The molecule has 2 aromatic carbocycles. The summed E-state index contributed by atoms with van der Waals surface area (Å²) in [5.41, 5.74) is 0.777. The number of carboxylic acids is 1. The molecule has 33 heavy (non-hydrogen) atoms. The van der Waals surface area contributed by atoms with E-state index in [1.165, 1.54) is 6.92 Å². The van der Waals surface area contributed by atoms with Crippen molar-refractivity contribution in [2.24, 2.45) is 11.8 Å². The van der Waals surface area contributed by atoms with E-state index in [1.807, 2.05) is 50.2 Å². The Morgan fingerprint density at radius 1 is 0.970 bits per heavy atom. The van der Waals surface area contributed by atoms with Crippen LogP contribution in [-0.2, 0) is 19.1 Å². The van der Waals surface area contributed by atoms with Crippen LogP contribution in [0.25, 0.3) is 10.8 Å². The number of rotatable bonds is 11. The van der Waals surface area contributed by atoms with Crippen LogP contribution in [0.5, 0.6) is 5.75 Å². The fourth-order valence-electron chi connectivity index (χ4n) is 3.64. The minimum absolute atomic E-state index is 0.0426. The number of carbonyl (C=O) groups excluding carboxylic acids is 2. The molecule has 0 bridgehead atoms. The minimum Gasteiger partial charge on any atom is -0.497 e. The van der Waals surface area contributed by atoms with Crippen LogP contribution >= 0.6 is 0 Å². The Balaban J connectivity index is 1.89. The standard InChI is InChI=1S/C25H33NO7/c1-15(2)10-18(11-23(27)28)14-26-25(30)33-17(4)32-24(29)16(3)19-6-7-21-13-22(31-5)9-8-20(21)12-19/h6-9,12-13,15-18H,10-11,14H2,1-5H3,(H,26,30)(H,27,28)/t16?,17-,18?/m1/s1. The average Bonchev–Trinajstić information content (AvgIpc) is 2.75. The molecule has 2 N–H and O–H groups in total. The number of alkyl carbamates (subject to hydrolysis) is 1. The molecule has 0 aliphatic carbocycles. The lowest BCUT2D eigenvalue weighted by Crippen LogP contribution is -2.34. The predicted molar refractivity (Wildman–Crippen MR) is 124 cm³/mol. The van der Waals surface area contributed by atoms with Crippen molar-refractivity contribution < 1.29 is 33.7 Å².